The average molecular weight is 418 g/mol. The Kier molecular flexibility index (Phi) is 8.25. The Morgan fingerprint density at radius 2 is 1.93 bits per heavy atom. The van der Waals surface area contributed by atoms with E-state index in [1.807, 2.05) is 0 Å². The molecule has 0 aliphatic carbocycles. The van der Waals surface area contributed by atoms with Crippen LogP contribution in [0.1, 0.15) is 19.3 Å². The lowest BCUT2D eigenvalue weighted by Gasteiger charge is -2.21. The van der Waals surface area contributed by atoms with Gasteiger partial charge in [-0.05, 0) is 30.7 Å². The minimum absolute atomic E-state index is 0.0496. The van der Waals surface area contributed by atoms with Crippen LogP contribution in [0.4, 0.5) is 13.2 Å². The molecule has 0 radical (unpaired) electrons. The van der Waals surface area contributed by atoms with Crippen LogP contribution < -0.4 is 10.1 Å². The number of nitrogens with one attached hydrogen (secondary N) is 1. The van der Waals surface area contributed by atoms with Crippen molar-refractivity contribution in [1.29, 1.82) is 0 Å². The maximum absolute atomic E-state index is 12.8. The molecule has 160 valence electrons. The first-order chi connectivity index (χ1) is 13.8. The van der Waals surface area contributed by atoms with Gasteiger partial charge in [-0.1, -0.05) is 0 Å². The molecule has 2 atom stereocenters. The van der Waals surface area contributed by atoms with E-state index in [2.05, 4.69) is 10.1 Å². The summed E-state index contributed by atoms with van der Waals surface area (Å²) in [4.78, 5) is 36.2. The zero-order valence-electron chi connectivity index (χ0n) is 15.4. The smallest absolute Gasteiger partial charge is 0.345 e. The van der Waals surface area contributed by atoms with Gasteiger partial charge in [-0.2, -0.15) is 8.78 Å². The highest BCUT2D eigenvalue weighted by molar-refractivity contribution is 5.88. The lowest BCUT2D eigenvalue weighted by molar-refractivity contribution is -0.160. The van der Waals surface area contributed by atoms with E-state index in [0.717, 1.165) is 4.90 Å². The molecule has 2 N–H and O–H groups in total. The third-order valence-electron chi connectivity index (χ3n) is 4.23. The zero-order valence-corrected chi connectivity index (χ0v) is 15.4. The fourth-order valence-electron chi connectivity index (χ4n) is 2.87. The largest absolute Gasteiger partial charge is 0.494 e. The third kappa shape index (κ3) is 7.26. The summed E-state index contributed by atoms with van der Waals surface area (Å²) in [5.74, 6) is -2.42. The van der Waals surface area contributed by atoms with Gasteiger partial charge in [-0.3, -0.25) is 9.59 Å². The molecule has 0 bridgehead atoms. The molecule has 0 spiro atoms. The maximum Gasteiger partial charge on any atom is 0.345 e. The number of carboxylic acid groups (broad SMARTS) is 1. The van der Waals surface area contributed by atoms with Crippen molar-refractivity contribution < 1.29 is 42.1 Å². The molecule has 1 aromatic rings. The highest BCUT2D eigenvalue weighted by atomic mass is 19.3. The van der Waals surface area contributed by atoms with Crippen LogP contribution in [0.2, 0.25) is 0 Å². The van der Waals surface area contributed by atoms with Crippen molar-refractivity contribution in [3.05, 3.63) is 30.1 Å². The molecule has 8 nitrogen and oxygen atoms in total. The van der Waals surface area contributed by atoms with Gasteiger partial charge in [0.2, 0.25) is 11.8 Å². The van der Waals surface area contributed by atoms with Crippen LogP contribution in [0.15, 0.2) is 24.3 Å². The summed E-state index contributed by atoms with van der Waals surface area (Å²) >= 11 is 0. The Bertz CT molecular complexity index is 716. The number of ether oxygens (including phenoxy) is 2. The first kappa shape index (κ1) is 22.5. The van der Waals surface area contributed by atoms with Gasteiger partial charge >= 0.3 is 12.6 Å². The molecule has 1 fully saturated rings. The number of nitrogens with zero attached hydrogens (tertiary/aromatic N) is 1. The van der Waals surface area contributed by atoms with Gasteiger partial charge in [-0.25, -0.2) is 9.18 Å². The number of rotatable bonds is 10. The summed E-state index contributed by atoms with van der Waals surface area (Å²) < 4.78 is 47.0. The van der Waals surface area contributed by atoms with E-state index in [9.17, 15) is 27.6 Å². The normalized spacial score (nSPS) is 18.7. The van der Waals surface area contributed by atoms with Crippen LogP contribution in [0.3, 0.4) is 0 Å². The number of carboxylic acids is 1. The number of carbonyl (C=O) groups excluding carboxylic acids is 2. The molecule has 2 rings (SSSR count). The minimum Gasteiger partial charge on any atom is -0.494 e. The number of carbonyl (C=O) groups is 3. The topological polar surface area (TPSA) is 105 Å². The molecular weight excluding hydrogens is 397 g/mol. The number of likely N-dealkylation sites (tertiary alicyclic amines) is 1. The second-order valence-corrected chi connectivity index (χ2v) is 6.34. The highest BCUT2D eigenvalue weighted by Crippen LogP contribution is 2.22. The summed E-state index contributed by atoms with van der Waals surface area (Å²) in [6.07, 6.45) is -0.948. The van der Waals surface area contributed by atoms with Gasteiger partial charge in [0.05, 0.1) is 19.3 Å². The van der Waals surface area contributed by atoms with Gasteiger partial charge in [0, 0.05) is 19.4 Å². The maximum atomic E-state index is 12.8. The van der Waals surface area contributed by atoms with Crippen LogP contribution in [-0.2, 0) is 19.1 Å². The molecule has 29 heavy (non-hydrogen) atoms. The zero-order chi connectivity index (χ0) is 21.4. The van der Waals surface area contributed by atoms with Crippen molar-refractivity contribution in [3.63, 3.8) is 0 Å². The number of halogens is 3. The van der Waals surface area contributed by atoms with Crippen molar-refractivity contribution in [2.75, 3.05) is 19.7 Å². The molecule has 0 saturated carbocycles. The van der Waals surface area contributed by atoms with E-state index in [0.29, 0.717) is 12.2 Å². The Labute approximate surface area is 164 Å². The van der Waals surface area contributed by atoms with Gasteiger partial charge in [0.15, 0.2) is 0 Å². The number of benzene rings is 1. The summed E-state index contributed by atoms with van der Waals surface area (Å²) in [6.45, 7) is -3.61. The monoisotopic (exact) mass is 418 g/mol. The van der Waals surface area contributed by atoms with Crippen LogP contribution in [0, 0.1) is 5.82 Å². The molecule has 1 saturated heterocycles. The van der Waals surface area contributed by atoms with Crippen molar-refractivity contribution in [1.82, 2.24) is 10.2 Å². The lowest BCUT2D eigenvalue weighted by Crippen LogP contribution is -2.45. The number of hydrogen-bond donors (Lipinski definition) is 2. The summed E-state index contributed by atoms with van der Waals surface area (Å²) in [5.41, 5.74) is 0. The highest BCUT2D eigenvalue weighted by Gasteiger charge is 2.41. The van der Waals surface area contributed by atoms with Crippen molar-refractivity contribution in [3.8, 4) is 5.75 Å². The predicted molar refractivity (Wildman–Crippen MR) is 92.8 cm³/mol. The number of aliphatic carboxylic acids is 1. The Balaban J connectivity index is 1.70. The number of amides is 2. The van der Waals surface area contributed by atoms with Crippen LogP contribution >= 0.6 is 0 Å². The number of alkyl halides is 2. The van der Waals surface area contributed by atoms with Crippen molar-refractivity contribution in [2.24, 2.45) is 0 Å². The first-order valence-corrected chi connectivity index (χ1v) is 8.87. The molecule has 11 heteroatoms. The number of hydrogen-bond acceptors (Lipinski definition) is 5. The third-order valence-corrected chi connectivity index (χ3v) is 4.23. The minimum atomic E-state index is -3.07. The average Bonchev–Trinajstić information content (AvgIpc) is 3.08. The first-order valence-electron chi connectivity index (χ1n) is 8.87. The van der Waals surface area contributed by atoms with Crippen LogP contribution in [-0.4, -0.2) is 66.2 Å². The second-order valence-electron chi connectivity index (χ2n) is 6.34. The molecule has 0 aromatic heterocycles. The van der Waals surface area contributed by atoms with E-state index in [4.69, 9.17) is 9.84 Å². The Hall–Kier alpha value is -2.82. The van der Waals surface area contributed by atoms with E-state index < -0.39 is 48.9 Å². The SMILES string of the molecule is O=C(CCCOc1ccc(F)cc1)NCC(=O)N1CC(OC(F)F)CC1C(=O)O. The van der Waals surface area contributed by atoms with Gasteiger partial charge in [0.1, 0.15) is 17.6 Å². The van der Waals surface area contributed by atoms with Gasteiger partial charge < -0.3 is 24.8 Å². The van der Waals surface area contributed by atoms with Crippen LogP contribution in [0.25, 0.3) is 0 Å². The fourth-order valence-corrected chi connectivity index (χ4v) is 2.87. The molecular formula is C18H21F3N2O6. The predicted octanol–water partition coefficient (Wildman–Crippen LogP) is 1.39. The standard InChI is InChI=1S/C18H21F3N2O6/c19-11-3-5-12(6-4-11)28-7-1-2-15(24)22-9-16(25)23-10-13(29-18(20)21)8-14(23)17(26)27/h3-6,13-14,18H,1-2,7-10H2,(H,22,24)(H,26,27). The second kappa shape index (κ2) is 10.6. The van der Waals surface area contributed by atoms with E-state index >= 15 is 0 Å². The molecule has 2 amide bonds. The fraction of sp³-hybridized carbons (Fsp3) is 0.500. The summed E-state index contributed by atoms with van der Waals surface area (Å²) in [6, 6.07) is 4.11. The molecule has 1 heterocycles. The van der Waals surface area contributed by atoms with Gasteiger partial charge in [0.25, 0.3) is 0 Å². The van der Waals surface area contributed by atoms with E-state index in [-0.39, 0.29) is 26.0 Å². The van der Waals surface area contributed by atoms with Crippen molar-refractivity contribution in [2.45, 2.75) is 38.0 Å². The van der Waals surface area contributed by atoms with Gasteiger partial charge in [-0.15, -0.1) is 0 Å². The lowest BCUT2D eigenvalue weighted by atomic mass is 10.2. The van der Waals surface area contributed by atoms with E-state index in [1.54, 1.807) is 0 Å². The summed E-state index contributed by atoms with van der Waals surface area (Å²) in [5, 5.41) is 11.5. The molecule has 1 aromatic carbocycles. The molecule has 1 aliphatic rings. The van der Waals surface area contributed by atoms with Crippen molar-refractivity contribution >= 4 is 17.8 Å². The van der Waals surface area contributed by atoms with Crippen LogP contribution in [0.5, 0.6) is 5.75 Å². The Morgan fingerprint density at radius 1 is 1.24 bits per heavy atom. The van der Waals surface area contributed by atoms with E-state index in [1.165, 1.54) is 24.3 Å². The molecule has 2 unspecified atom stereocenters. The summed E-state index contributed by atoms with van der Waals surface area (Å²) in [7, 11) is 0. The molecule has 1 aliphatic heterocycles. The Morgan fingerprint density at radius 3 is 2.55 bits per heavy atom. The quantitative estimate of drug-likeness (QED) is 0.557.